The van der Waals surface area contributed by atoms with Gasteiger partial charge in [-0.15, -0.1) is 12.4 Å². The Kier molecular flexibility index (Phi) is 5.53. The van der Waals surface area contributed by atoms with Gasteiger partial charge in [0.2, 0.25) is 5.91 Å². The monoisotopic (exact) mass is 328 g/mol. The van der Waals surface area contributed by atoms with E-state index in [-0.39, 0.29) is 29.8 Å². The highest BCUT2D eigenvalue weighted by atomic mass is 35.5. The number of amides is 1. The van der Waals surface area contributed by atoms with Crippen molar-refractivity contribution < 1.29 is 4.79 Å². The van der Waals surface area contributed by atoms with Gasteiger partial charge in [-0.25, -0.2) is 0 Å². The van der Waals surface area contributed by atoms with Crippen molar-refractivity contribution in [2.24, 2.45) is 0 Å². The molecule has 0 radical (unpaired) electrons. The van der Waals surface area contributed by atoms with Crippen LogP contribution >= 0.6 is 24.0 Å². The second kappa shape index (κ2) is 6.99. The Morgan fingerprint density at radius 1 is 1.29 bits per heavy atom. The topological polar surface area (TPSA) is 41.1 Å². The maximum absolute atomic E-state index is 12.2. The molecule has 1 aromatic carbocycles. The van der Waals surface area contributed by atoms with Crippen LogP contribution in [0.4, 0.5) is 0 Å². The van der Waals surface area contributed by atoms with Crippen LogP contribution in [-0.2, 0) is 10.2 Å². The molecule has 0 bridgehead atoms. The Labute approximate surface area is 137 Å². The summed E-state index contributed by atoms with van der Waals surface area (Å²) in [5.74, 6) is 0.157. The zero-order valence-electron chi connectivity index (χ0n) is 12.0. The molecule has 2 fully saturated rings. The minimum Gasteiger partial charge on any atom is -0.354 e. The molecular weight excluding hydrogens is 307 g/mol. The highest BCUT2D eigenvalue weighted by Gasteiger charge is 2.44. The summed E-state index contributed by atoms with van der Waals surface area (Å²) in [5.41, 5.74) is 1.44. The number of carbonyl (C=O) groups is 1. The normalized spacial score (nSPS) is 23.0. The second-order valence-electron chi connectivity index (χ2n) is 6.01. The van der Waals surface area contributed by atoms with Gasteiger partial charge < -0.3 is 10.6 Å². The smallest absolute Gasteiger partial charge is 0.237 e. The fourth-order valence-electron chi connectivity index (χ4n) is 2.98. The predicted molar refractivity (Wildman–Crippen MR) is 88.3 cm³/mol. The Hall–Kier alpha value is -0.770. The number of piperidine rings is 1. The van der Waals surface area contributed by atoms with Gasteiger partial charge in [0.25, 0.3) is 0 Å². The van der Waals surface area contributed by atoms with E-state index in [2.05, 4.69) is 22.8 Å². The Bertz CT molecular complexity index is 480. The fraction of sp³-hybridized carbons (Fsp3) is 0.562. The lowest BCUT2D eigenvalue weighted by Crippen LogP contribution is -2.48. The number of hydrogen-bond donors (Lipinski definition) is 2. The van der Waals surface area contributed by atoms with Crippen LogP contribution in [0, 0.1) is 0 Å². The first kappa shape index (κ1) is 16.6. The number of carbonyl (C=O) groups excluding carboxylic acids is 1. The third-order valence-corrected chi connectivity index (χ3v) is 4.79. The van der Waals surface area contributed by atoms with E-state index in [0.717, 1.165) is 43.8 Å². The summed E-state index contributed by atoms with van der Waals surface area (Å²) in [4.78, 5) is 12.2. The van der Waals surface area contributed by atoms with Gasteiger partial charge in [-0.3, -0.25) is 4.79 Å². The van der Waals surface area contributed by atoms with Gasteiger partial charge in [-0.1, -0.05) is 30.2 Å². The molecule has 0 spiro atoms. The standard InChI is InChI=1S/C16H21ClN2O.ClH/c17-13-6-4-12(5-7-13)16(8-9-16)11-19-15(20)14-3-1-2-10-18-14;/h4-7,14,18H,1-3,8-11H2,(H,19,20);1H. The van der Waals surface area contributed by atoms with Gasteiger partial charge in [-0.05, 0) is 49.9 Å². The molecule has 5 heteroatoms. The largest absolute Gasteiger partial charge is 0.354 e. The van der Waals surface area contributed by atoms with Crippen LogP contribution < -0.4 is 10.6 Å². The maximum Gasteiger partial charge on any atom is 0.237 e. The SMILES string of the molecule is Cl.O=C(NCC1(c2ccc(Cl)cc2)CC1)C1CCCCN1. The summed E-state index contributed by atoms with van der Waals surface area (Å²) in [5, 5.41) is 7.19. The molecule has 1 amide bonds. The van der Waals surface area contributed by atoms with Crippen molar-refractivity contribution in [1.29, 1.82) is 0 Å². The van der Waals surface area contributed by atoms with Crippen LogP contribution in [0.5, 0.6) is 0 Å². The Morgan fingerprint density at radius 2 is 2.00 bits per heavy atom. The number of rotatable bonds is 4. The first-order valence-corrected chi connectivity index (χ1v) is 7.85. The zero-order valence-corrected chi connectivity index (χ0v) is 13.6. The molecule has 1 unspecified atom stereocenters. The van der Waals surface area contributed by atoms with Crippen LogP contribution in [0.25, 0.3) is 0 Å². The van der Waals surface area contributed by atoms with E-state index in [1.165, 1.54) is 12.0 Å². The fourth-order valence-corrected chi connectivity index (χ4v) is 3.10. The van der Waals surface area contributed by atoms with Crippen LogP contribution in [0.1, 0.15) is 37.7 Å². The van der Waals surface area contributed by atoms with Crippen molar-refractivity contribution in [3.8, 4) is 0 Å². The Morgan fingerprint density at radius 3 is 2.57 bits per heavy atom. The van der Waals surface area contributed by atoms with Crippen molar-refractivity contribution in [3.63, 3.8) is 0 Å². The van der Waals surface area contributed by atoms with E-state index in [1.807, 2.05) is 12.1 Å². The molecule has 1 aliphatic carbocycles. The van der Waals surface area contributed by atoms with E-state index in [9.17, 15) is 4.79 Å². The first-order chi connectivity index (χ1) is 9.70. The molecule has 1 saturated carbocycles. The van der Waals surface area contributed by atoms with Crippen LogP contribution in [0.2, 0.25) is 5.02 Å². The van der Waals surface area contributed by atoms with Gasteiger partial charge in [0, 0.05) is 17.0 Å². The van der Waals surface area contributed by atoms with Gasteiger partial charge in [-0.2, -0.15) is 0 Å². The molecule has 3 nitrogen and oxygen atoms in total. The van der Waals surface area contributed by atoms with Crippen LogP contribution in [0.3, 0.4) is 0 Å². The number of nitrogens with one attached hydrogen (secondary N) is 2. The lowest BCUT2D eigenvalue weighted by molar-refractivity contribution is -0.123. The molecule has 0 aromatic heterocycles. The summed E-state index contributed by atoms with van der Waals surface area (Å²) < 4.78 is 0. The average Bonchev–Trinajstić information content (AvgIpc) is 3.27. The molecule has 1 saturated heterocycles. The molecule has 1 aromatic rings. The van der Waals surface area contributed by atoms with Crippen molar-refractivity contribution >= 4 is 29.9 Å². The van der Waals surface area contributed by atoms with Gasteiger partial charge in [0.15, 0.2) is 0 Å². The number of benzene rings is 1. The van der Waals surface area contributed by atoms with E-state index >= 15 is 0 Å². The maximum atomic E-state index is 12.2. The van der Waals surface area contributed by atoms with Crippen molar-refractivity contribution in [3.05, 3.63) is 34.9 Å². The quantitative estimate of drug-likeness (QED) is 0.891. The molecule has 1 heterocycles. The summed E-state index contributed by atoms with van der Waals surface area (Å²) in [6.07, 6.45) is 5.58. The Balaban J connectivity index is 0.00000161. The average molecular weight is 329 g/mol. The molecular formula is C16H22Cl2N2O. The highest BCUT2D eigenvalue weighted by Crippen LogP contribution is 2.47. The number of halogens is 2. The van der Waals surface area contributed by atoms with Gasteiger partial charge >= 0.3 is 0 Å². The summed E-state index contributed by atoms with van der Waals surface area (Å²) in [6.45, 7) is 1.70. The van der Waals surface area contributed by atoms with E-state index in [1.54, 1.807) is 0 Å². The predicted octanol–water partition coefficient (Wildman–Crippen LogP) is 3.05. The molecule has 1 aliphatic heterocycles. The lowest BCUT2D eigenvalue weighted by atomic mass is 9.95. The number of hydrogen-bond acceptors (Lipinski definition) is 2. The minimum absolute atomic E-state index is 0. The third kappa shape index (κ3) is 3.91. The third-order valence-electron chi connectivity index (χ3n) is 4.54. The van der Waals surface area contributed by atoms with Crippen LogP contribution in [0.15, 0.2) is 24.3 Å². The van der Waals surface area contributed by atoms with Crippen molar-refractivity contribution in [1.82, 2.24) is 10.6 Å². The molecule has 116 valence electrons. The molecule has 3 rings (SSSR count). The molecule has 2 N–H and O–H groups in total. The molecule has 2 aliphatic rings. The van der Waals surface area contributed by atoms with Gasteiger partial charge in [0.1, 0.15) is 0 Å². The summed E-state index contributed by atoms with van der Waals surface area (Å²) >= 11 is 5.93. The minimum atomic E-state index is 0. The van der Waals surface area contributed by atoms with Crippen LogP contribution in [-0.4, -0.2) is 25.0 Å². The molecule has 21 heavy (non-hydrogen) atoms. The summed E-state index contributed by atoms with van der Waals surface area (Å²) in [6, 6.07) is 8.04. The second-order valence-corrected chi connectivity index (χ2v) is 6.44. The lowest BCUT2D eigenvalue weighted by Gasteiger charge is -2.24. The van der Waals surface area contributed by atoms with Crippen molar-refractivity contribution in [2.75, 3.05) is 13.1 Å². The van der Waals surface area contributed by atoms with Crippen molar-refractivity contribution in [2.45, 2.75) is 43.6 Å². The molecule has 1 atom stereocenters. The first-order valence-electron chi connectivity index (χ1n) is 7.47. The van der Waals surface area contributed by atoms with E-state index in [4.69, 9.17) is 11.6 Å². The highest BCUT2D eigenvalue weighted by molar-refractivity contribution is 6.30. The zero-order chi connectivity index (χ0) is 14.0. The van der Waals surface area contributed by atoms with Gasteiger partial charge in [0.05, 0.1) is 6.04 Å². The van der Waals surface area contributed by atoms with E-state index < -0.39 is 0 Å². The van der Waals surface area contributed by atoms with E-state index in [0.29, 0.717) is 0 Å². The summed E-state index contributed by atoms with van der Waals surface area (Å²) in [7, 11) is 0.